The summed E-state index contributed by atoms with van der Waals surface area (Å²) in [4.78, 5) is 0. The lowest BCUT2D eigenvalue weighted by Crippen LogP contribution is -2.05. The van der Waals surface area contributed by atoms with Crippen LogP contribution >= 0.6 is 0 Å². The molecule has 0 atom stereocenters. The quantitative estimate of drug-likeness (QED) is 0.394. The third-order valence-corrected chi connectivity index (χ3v) is 5.14. The summed E-state index contributed by atoms with van der Waals surface area (Å²) in [5.41, 5.74) is 7.04. The smallest absolute Gasteiger partial charge is 0.165 e. The SMILES string of the molecule is C=CCc1cc(CNc2ccc(CC)cc2)cc(OC)c1OCc1ccc(C)cc1. The van der Waals surface area contributed by atoms with Crippen molar-refractivity contribution in [3.63, 3.8) is 0 Å². The lowest BCUT2D eigenvalue weighted by atomic mass is 10.0. The number of aryl methyl sites for hydroxylation is 2. The zero-order valence-corrected chi connectivity index (χ0v) is 18.2. The standard InChI is InChI=1S/C27H31NO2/c1-5-7-24-16-23(18-28-25-14-12-21(6-2)13-15-25)17-26(29-4)27(24)30-19-22-10-8-20(3)9-11-22/h5,8-17,28H,1,6-7,18-19H2,2-4H3. The molecule has 0 unspecified atom stereocenters. The maximum absolute atomic E-state index is 6.19. The molecule has 0 saturated carbocycles. The summed E-state index contributed by atoms with van der Waals surface area (Å²) in [6.45, 7) is 9.37. The van der Waals surface area contributed by atoms with Crippen LogP contribution in [0.4, 0.5) is 5.69 Å². The van der Waals surface area contributed by atoms with E-state index in [9.17, 15) is 0 Å². The van der Waals surface area contributed by atoms with Gasteiger partial charge in [-0.05, 0) is 60.7 Å². The molecule has 3 rings (SSSR count). The van der Waals surface area contributed by atoms with E-state index in [1.165, 1.54) is 11.1 Å². The van der Waals surface area contributed by atoms with Gasteiger partial charge in [0.2, 0.25) is 0 Å². The van der Waals surface area contributed by atoms with Gasteiger partial charge in [-0.15, -0.1) is 6.58 Å². The van der Waals surface area contributed by atoms with Crippen LogP contribution in [-0.2, 0) is 26.0 Å². The third-order valence-electron chi connectivity index (χ3n) is 5.14. The van der Waals surface area contributed by atoms with Gasteiger partial charge in [0, 0.05) is 17.8 Å². The van der Waals surface area contributed by atoms with Crippen LogP contribution in [-0.4, -0.2) is 7.11 Å². The lowest BCUT2D eigenvalue weighted by molar-refractivity contribution is 0.281. The molecule has 1 N–H and O–H groups in total. The second kappa shape index (κ2) is 10.5. The zero-order valence-electron chi connectivity index (χ0n) is 18.2. The Morgan fingerprint density at radius 1 is 0.933 bits per heavy atom. The van der Waals surface area contributed by atoms with E-state index in [0.29, 0.717) is 13.2 Å². The van der Waals surface area contributed by atoms with Gasteiger partial charge >= 0.3 is 0 Å². The summed E-state index contributed by atoms with van der Waals surface area (Å²) < 4.78 is 11.9. The molecule has 30 heavy (non-hydrogen) atoms. The van der Waals surface area contributed by atoms with Gasteiger partial charge in [0.05, 0.1) is 7.11 Å². The van der Waals surface area contributed by atoms with Gasteiger partial charge in [0.1, 0.15) is 6.61 Å². The van der Waals surface area contributed by atoms with E-state index in [0.717, 1.165) is 46.7 Å². The predicted molar refractivity (Wildman–Crippen MR) is 126 cm³/mol. The third kappa shape index (κ3) is 5.66. The van der Waals surface area contributed by atoms with Crippen molar-refractivity contribution in [1.82, 2.24) is 0 Å². The molecule has 3 heteroatoms. The number of anilines is 1. The Morgan fingerprint density at radius 2 is 1.63 bits per heavy atom. The minimum Gasteiger partial charge on any atom is -0.493 e. The summed E-state index contributed by atoms with van der Waals surface area (Å²) in [7, 11) is 1.69. The first-order chi connectivity index (χ1) is 14.6. The van der Waals surface area contributed by atoms with Gasteiger partial charge in [-0.25, -0.2) is 0 Å². The summed E-state index contributed by atoms with van der Waals surface area (Å²) in [5, 5.41) is 3.49. The number of hydrogen-bond acceptors (Lipinski definition) is 3. The van der Waals surface area contributed by atoms with Crippen LogP contribution in [0.5, 0.6) is 11.5 Å². The van der Waals surface area contributed by atoms with E-state index in [1.54, 1.807) is 7.11 Å². The number of allylic oxidation sites excluding steroid dienone is 1. The minimum absolute atomic E-state index is 0.502. The first-order valence-electron chi connectivity index (χ1n) is 10.4. The first kappa shape index (κ1) is 21.5. The van der Waals surface area contributed by atoms with Crippen molar-refractivity contribution in [3.8, 4) is 11.5 Å². The Hall–Kier alpha value is -3.20. The highest BCUT2D eigenvalue weighted by Crippen LogP contribution is 2.34. The van der Waals surface area contributed by atoms with Crippen molar-refractivity contribution in [2.45, 2.75) is 39.8 Å². The van der Waals surface area contributed by atoms with E-state index in [1.807, 2.05) is 12.1 Å². The van der Waals surface area contributed by atoms with Gasteiger partial charge < -0.3 is 14.8 Å². The molecule has 0 amide bonds. The molecule has 3 aromatic carbocycles. The maximum atomic E-state index is 6.19. The van der Waals surface area contributed by atoms with E-state index >= 15 is 0 Å². The molecule has 0 radical (unpaired) electrons. The Bertz CT molecular complexity index is 959. The van der Waals surface area contributed by atoms with Crippen LogP contribution in [0.3, 0.4) is 0 Å². The molecule has 0 spiro atoms. The fraction of sp³-hybridized carbons (Fsp3) is 0.259. The van der Waals surface area contributed by atoms with Gasteiger partial charge in [-0.1, -0.05) is 55.0 Å². The van der Waals surface area contributed by atoms with Crippen LogP contribution in [0.1, 0.15) is 34.7 Å². The number of nitrogens with one attached hydrogen (secondary N) is 1. The Labute approximate surface area is 180 Å². The molecule has 0 aliphatic heterocycles. The average molecular weight is 402 g/mol. The van der Waals surface area contributed by atoms with Gasteiger partial charge in [0.15, 0.2) is 11.5 Å². The van der Waals surface area contributed by atoms with E-state index in [2.05, 4.69) is 80.3 Å². The number of benzene rings is 3. The second-order valence-corrected chi connectivity index (χ2v) is 7.46. The number of hydrogen-bond donors (Lipinski definition) is 1. The number of rotatable bonds is 10. The Balaban J connectivity index is 1.77. The normalized spacial score (nSPS) is 10.5. The van der Waals surface area contributed by atoms with Crippen molar-refractivity contribution in [2.24, 2.45) is 0 Å². The predicted octanol–water partition coefficient (Wildman–Crippen LogP) is 6.49. The molecular weight excluding hydrogens is 370 g/mol. The van der Waals surface area contributed by atoms with Gasteiger partial charge in [0.25, 0.3) is 0 Å². The van der Waals surface area contributed by atoms with E-state index < -0.39 is 0 Å². The van der Waals surface area contributed by atoms with E-state index in [4.69, 9.17) is 9.47 Å². The zero-order chi connectivity index (χ0) is 21.3. The molecule has 0 aromatic heterocycles. The second-order valence-electron chi connectivity index (χ2n) is 7.46. The van der Waals surface area contributed by atoms with Crippen molar-refractivity contribution < 1.29 is 9.47 Å². The number of methoxy groups -OCH3 is 1. The van der Waals surface area contributed by atoms with Crippen LogP contribution < -0.4 is 14.8 Å². The van der Waals surface area contributed by atoms with Crippen LogP contribution in [0.15, 0.2) is 73.3 Å². The maximum Gasteiger partial charge on any atom is 0.165 e. The first-order valence-corrected chi connectivity index (χ1v) is 10.4. The molecule has 0 fully saturated rings. The number of ether oxygens (including phenoxy) is 2. The molecule has 3 aromatic rings. The van der Waals surface area contributed by atoms with Crippen molar-refractivity contribution in [2.75, 3.05) is 12.4 Å². The highest BCUT2D eigenvalue weighted by molar-refractivity contribution is 5.52. The summed E-state index contributed by atoms with van der Waals surface area (Å²) in [6, 6.07) is 21.2. The molecule has 0 saturated heterocycles. The monoisotopic (exact) mass is 401 g/mol. The van der Waals surface area contributed by atoms with Crippen LogP contribution in [0, 0.1) is 6.92 Å². The van der Waals surface area contributed by atoms with Crippen LogP contribution in [0.2, 0.25) is 0 Å². The molecule has 0 bridgehead atoms. The largest absolute Gasteiger partial charge is 0.493 e. The molecule has 3 nitrogen and oxygen atoms in total. The molecule has 0 heterocycles. The van der Waals surface area contributed by atoms with Crippen molar-refractivity contribution in [3.05, 3.63) is 101 Å². The van der Waals surface area contributed by atoms with Crippen molar-refractivity contribution in [1.29, 1.82) is 0 Å². The Morgan fingerprint density at radius 3 is 2.27 bits per heavy atom. The Kier molecular flexibility index (Phi) is 7.56. The van der Waals surface area contributed by atoms with Crippen LogP contribution in [0.25, 0.3) is 0 Å². The summed E-state index contributed by atoms with van der Waals surface area (Å²) in [5.74, 6) is 1.54. The van der Waals surface area contributed by atoms with Gasteiger partial charge in [-0.2, -0.15) is 0 Å². The molecular formula is C27H31NO2. The molecule has 156 valence electrons. The van der Waals surface area contributed by atoms with Gasteiger partial charge in [-0.3, -0.25) is 0 Å². The van der Waals surface area contributed by atoms with E-state index in [-0.39, 0.29) is 0 Å². The molecule has 0 aliphatic carbocycles. The minimum atomic E-state index is 0.502. The fourth-order valence-electron chi connectivity index (χ4n) is 3.35. The lowest BCUT2D eigenvalue weighted by Gasteiger charge is -2.17. The topological polar surface area (TPSA) is 30.5 Å². The summed E-state index contributed by atoms with van der Waals surface area (Å²) >= 11 is 0. The average Bonchev–Trinajstić information content (AvgIpc) is 2.78. The summed E-state index contributed by atoms with van der Waals surface area (Å²) in [6.07, 6.45) is 3.67. The molecule has 0 aliphatic rings. The highest BCUT2D eigenvalue weighted by atomic mass is 16.5. The van der Waals surface area contributed by atoms with Crippen molar-refractivity contribution >= 4 is 5.69 Å². The highest BCUT2D eigenvalue weighted by Gasteiger charge is 2.13. The fourth-order valence-corrected chi connectivity index (χ4v) is 3.35.